The summed E-state index contributed by atoms with van der Waals surface area (Å²) in [6.07, 6.45) is -0.0898. The Morgan fingerprint density at radius 3 is 2.18 bits per heavy atom. The molecule has 1 heterocycles. The van der Waals surface area contributed by atoms with Crippen LogP contribution >= 0.6 is 0 Å². The predicted molar refractivity (Wildman–Crippen MR) is 124 cm³/mol. The van der Waals surface area contributed by atoms with E-state index in [0.29, 0.717) is 13.0 Å². The normalized spacial score (nSPS) is 19.1. The average molecular weight is 451 g/mol. The molecule has 2 aromatic carbocycles. The van der Waals surface area contributed by atoms with Gasteiger partial charge < -0.3 is 20.1 Å². The van der Waals surface area contributed by atoms with Gasteiger partial charge in [0.2, 0.25) is 5.91 Å². The number of ether oxygens (including phenoxy) is 1. The fraction of sp³-hybridized carbons (Fsp3) is 0.423. The van der Waals surface area contributed by atoms with Crippen LogP contribution in [0, 0.1) is 11.3 Å². The van der Waals surface area contributed by atoms with Crippen LogP contribution in [-0.4, -0.2) is 53.7 Å². The monoisotopic (exact) mass is 450 g/mol. The predicted octanol–water partition coefficient (Wildman–Crippen LogP) is 3.87. The van der Waals surface area contributed by atoms with Crippen LogP contribution in [0.4, 0.5) is 4.79 Å². The van der Waals surface area contributed by atoms with Gasteiger partial charge in [0.15, 0.2) is 0 Å². The van der Waals surface area contributed by atoms with Crippen LogP contribution in [0.3, 0.4) is 0 Å². The highest BCUT2D eigenvalue weighted by atomic mass is 16.5. The van der Waals surface area contributed by atoms with E-state index in [4.69, 9.17) is 4.74 Å². The van der Waals surface area contributed by atoms with E-state index >= 15 is 0 Å². The number of amides is 2. The zero-order valence-corrected chi connectivity index (χ0v) is 19.2. The largest absolute Gasteiger partial charge is 0.480 e. The molecule has 0 bridgehead atoms. The van der Waals surface area contributed by atoms with Crippen LogP contribution in [0.1, 0.15) is 44.2 Å². The minimum absolute atomic E-state index is 0.0357. The highest BCUT2D eigenvalue weighted by Crippen LogP contribution is 2.44. The van der Waals surface area contributed by atoms with Gasteiger partial charge in [-0.3, -0.25) is 4.79 Å². The maximum absolute atomic E-state index is 12.9. The molecule has 33 heavy (non-hydrogen) atoms. The van der Waals surface area contributed by atoms with E-state index < -0.39 is 29.4 Å². The molecule has 0 saturated carbocycles. The van der Waals surface area contributed by atoms with Crippen molar-refractivity contribution in [1.29, 1.82) is 0 Å². The summed E-state index contributed by atoms with van der Waals surface area (Å²) in [6, 6.07) is 15.4. The molecule has 1 aliphatic carbocycles. The van der Waals surface area contributed by atoms with E-state index in [2.05, 4.69) is 29.6 Å². The molecule has 1 aliphatic heterocycles. The number of carbonyl (C=O) groups excluding carboxylic acids is 2. The Kier molecular flexibility index (Phi) is 6.15. The highest BCUT2D eigenvalue weighted by molar-refractivity contribution is 5.88. The molecule has 2 aliphatic rings. The molecule has 7 nitrogen and oxygen atoms in total. The van der Waals surface area contributed by atoms with Crippen LogP contribution in [0.15, 0.2) is 48.5 Å². The Balaban J connectivity index is 1.34. The number of nitrogens with zero attached hydrogens (tertiary/aromatic N) is 1. The van der Waals surface area contributed by atoms with E-state index in [-0.39, 0.29) is 25.0 Å². The zero-order chi connectivity index (χ0) is 23.8. The smallest absolute Gasteiger partial charge is 0.407 e. The van der Waals surface area contributed by atoms with E-state index in [9.17, 15) is 19.5 Å². The lowest BCUT2D eigenvalue weighted by Crippen LogP contribution is -2.68. The number of carbonyl (C=O) groups is 3. The van der Waals surface area contributed by atoms with E-state index in [1.807, 2.05) is 45.0 Å². The number of benzene rings is 2. The van der Waals surface area contributed by atoms with Crippen LogP contribution in [0.5, 0.6) is 0 Å². The molecule has 4 rings (SSSR count). The number of likely N-dealkylation sites (tertiary alicyclic amines) is 1. The van der Waals surface area contributed by atoms with Crippen molar-refractivity contribution >= 4 is 18.0 Å². The number of hydrogen-bond donors (Lipinski definition) is 2. The molecular formula is C26H30N2O5. The first-order valence-electron chi connectivity index (χ1n) is 11.4. The molecular weight excluding hydrogens is 420 g/mol. The molecule has 7 heteroatoms. The van der Waals surface area contributed by atoms with Gasteiger partial charge in [0.1, 0.15) is 12.6 Å². The molecule has 0 spiro atoms. The number of hydrogen-bond acceptors (Lipinski definition) is 4. The summed E-state index contributed by atoms with van der Waals surface area (Å²) in [5, 5.41) is 12.2. The quantitative estimate of drug-likeness (QED) is 0.668. The minimum Gasteiger partial charge on any atom is -0.480 e. The number of fused-ring (bicyclic) bond motifs is 3. The Hall–Kier alpha value is -3.35. The van der Waals surface area contributed by atoms with Crippen molar-refractivity contribution in [3.8, 4) is 11.1 Å². The van der Waals surface area contributed by atoms with Crippen LogP contribution in [0.25, 0.3) is 11.1 Å². The number of carboxylic acids is 1. The third-order valence-corrected chi connectivity index (χ3v) is 6.83. The average Bonchev–Trinajstić information content (AvgIpc) is 3.10. The minimum atomic E-state index is -1.00. The summed E-state index contributed by atoms with van der Waals surface area (Å²) in [7, 11) is 0. The molecule has 1 saturated heterocycles. The molecule has 2 aromatic rings. The number of alkyl carbamates (subject to hydrolysis) is 1. The SMILES string of the molecule is CCC(CNC(=O)OCC1c2ccccc2-c2ccccc21)C(=O)N1CC(C)(C)C1C(=O)O. The van der Waals surface area contributed by atoms with Gasteiger partial charge in [0.25, 0.3) is 0 Å². The van der Waals surface area contributed by atoms with Gasteiger partial charge in [-0.25, -0.2) is 9.59 Å². The molecule has 0 radical (unpaired) electrons. The molecule has 2 atom stereocenters. The summed E-state index contributed by atoms with van der Waals surface area (Å²) in [6.45, 7) is 6.23. The summed E-state index contributed by atoms with van der Waals surface area (Å²) >= 11 is 0. The number of aliphatic carboxylic acids is 1. The Morgan fingerprint density at radius 2 is 1.67 bits per heavy atom. The summed E-state index contributed by atoms with van der Waals surface area (Å²) < 4.78 is 5.54. The van der Waals surface area contributed by atoms with E-state index in [1.54, 1.807) is 0 Å². The third-order valence-electron chi connectivity index (χ3n) is 6.83. The Bertz CT molecular complexity index is 1030. The van der Waals surface area contributed by atoms with Gasteiger partial charge in [0, 0.05) is 24.4 Å². The lowest BCUT2D eigenvalue weighted by Gasteiger charge is -2.52. The van der Waals surface area contributed by atoms with Crippen LogP contribution in [0.2, 0.25) is 0 Å². The third kappa shape index (κ3) is 4.19. The lowest BCUT2D eigenvalue weighted by atomic mass is 9.74. The van der Waals surface area contributed by atoms with Gasteiger partial charge in [0.05, 0.1) is 5.92 Å². The second kappa shape index (κ2) is 8.89. The van der Waals surface area contributed by atoms with Crippen molar-refractivity contribution in [3.05, 3.63) is 59.7 Å². The van der Waals surface area contributed by atoms with Crippen LogP contribution < -0.4 is 5.32 Å². The highest BCUT2D eigenvalue weighted by Gasteiger charge is 2.53. The van der Waals surface area contributed by atoms with Gasteiger partial charge in [-0.05, 0) is 28.7 Å². The maximum atomic E-state index is 12.9. The van der Waals surface area contributed by atoms with Crippen molar-refractivity contribution in [2.75, 3.05) is 19.7 Å². The first kappa shape index (κ1) is 22.8. The van der Waals surface area contributed by atoms with Crippen LogP contribution in [-0.2, 0) is 14.3 Å². The number of carboxylic acid groups (broad SMARTS) is 1. The van der Waals surface area contributed by atoms with Gasteiger partial charge >= 0.3 is 12.1 Å². The first-order chi connectivity index (χ1) is 15.7. The van der Waals surface area contributed by atoms with Gasteiger partial charge in [-0.1, -0.05) is 69.3 Å². The topological polar surface area (TPSA) is 95.9 Å². The molecule has 2 N–H and O–H groups in total. The molecule has 2 amide bonds. The van der Waals surface area contributed by atoms with Crippen molar-refractivity contribution in [3.63, 3.8) is 0 Å². The molecule has 1 fully saturated rings. The van der Waals surface area contributed by atoms with Gasteiger partial charge in [-0.15, -0.1) is 0 Å². The number of rotatable bonds is 7. The standard InChI is InChI=1S/C26H30N2O5/c1-4-16(23(29)28-15-26(2,3)22(28)24(30)31)13-27-25(32)33-14-21-19-11-7-5-9-17(19)18-10-6-8-12-20(18)21/h5-12,16,21-22H,4,13-15H2,1-3H3,(H,27,32)(H,30,31). The fourth-order valence-corrected chi connectivity index (χ4v) is 5.10. The number of nitrogens with one attached hydrogen (secondary N) is 1. The van der Waals surface area contributed by atoms with Crippen molar-refractivity contribution in [1.82, 2.24) is 10.2 Å². The van der Waals surface area contributed by atoms with Crippen molar-refractivity contribution < 1.29 is 24.2 Å². The lowest BCUT2D eigenvalue weighted by molar-refractivity contribution is -0.174. The summed E-state index contributed by atoms with van der Waals surface area (Å²) in [5.41, 5.74) is 4.12. The Labute approximate surface area is 193 Å². The van der Waals surface area contributed by atoms with Crippen molar-refractivity contribution in [2.24, 2.45) is 11.3 Å². The second-order valence-electron chi connectivity index (χ2n) is 9.51. The summed E-state index contributed by atoms with van der Waals surface area (Å²) in [4.78, 5) is 38.3. The summed E-state index contributed by atoms with van der Waals surface area (Å²) in [5.74, 6) is -1.78. The van der Waals surface area contributed by atoms with Gasteiger partial charge in [-0.2, -0.15) is 0 Å². The second-order valence-corrected chi connectivity index (χ2v) is 9.51. The zero-order valence-electron chi connectivity index (χ0n) is 19.2. The molecule has 174 valence electrons. The molecule has 2 unspecified atom stereocenters. The first-order valence-corrected chi connectivity index (χ1v) is 11.4. The Morgan fingerprint density at radius 1 is 1.09 bits per heavy atom. The van der Waals surface area contributed by atoms with E-state index in [0.717, 1.165) is 22.3 Å². The molecule has 0 aromatic heterocycles. The van der Waals surface area contributed by atoms with E-state index in [1.165, 1.54) is 4.90 Å². The fourth-order valence-electron chi connectivity index (χ4n) is 5.10. The van der Waals surface area contributed by atoms with Crippen molar-refractivity contribution in [2.45, 2.75) is 39.2 Å². The maximum Gasteiger partial charge on any atom is 0.407 e.